The van der Waals surface area contributed by atoms with Crippen LogP contribution in [0.4, 0.5) is 10.5 Å². The quantitative estimate of drug-likeness (QED) is 0.824. The first-order valence-electron chi connectivity index (χ1n) is 7.87. The number of carbonyl (C=O) groups excluding carboxylic acids is 3. The molecule has 1 atom stereocenters. The van der Waals surface area contributed by atoms with Crippen LogP contribution in [0.2, 0.25) is 5.02 Å². The minimum Gasteiger partial charge on any atom is -0.342 e. The van der Waals surface area contributed by atoms with Crippen LogP contribution in [0.25, 0.3) is 0 Å². The maximum Gasteiger partial charge on any atom is 0.317 e. The van der Waals surface area contributed by atoms with Crippen LogP contribution in [0.5, 0.6) is 0 Å². The zero-order valence-corrected chi connectivity index (χ0v) is 13.9. The van der Waals surface area contributed by atoms with Gasteiger partial charge < -0.3 is 20.0 Å². The van der Waals surface area contributed by atoms with Crippen molar-refractivity contribution in [3.63, 3.8) is 0 Å². The maximum absolute atomic E-state index is 12.3. The van der Waals surface area contributed by atoms with E-state index in [1.807, 2.05) is 0 Å². The van der Waals surface area contributed by atoms with Gasteiger partial charge in [0, 0.05) is 49.9 Å². The van der Waals surface area contributed by atoms with Crippen molar-refractivity contribution in [3.05, 3.63) is 29.3 Å². The molecule has 2 aliphatic heterocycles. The summed E-state index contributed by atoms with van der Waals surface area (Å²) in [4.78, 5) is 40.2. The van der Waals surface area contributed by atoms with Crippen LogP contribution in [0.15, 0.2) is 24.3 Å². The second-order valence-electron chi connectivity index (χ2n) is 5.96. The van der Waals surface area contributed by atoms with E-state index in [1.165, 1.54) is 0 Å². The van der Waals surface area contributed by atoms with E-state index in [9.17, 15) is 14.4 Å². The van der Waals surface area contributed by atoms with Crippen molar-refractivity contribution in [2.45, 2.75) is 12.5 Å². The van der Waals surface area contributed by atoms with Crippen LogP contribution in [0, 0.1) is 0 Å². The van der Waals surface area contributed by atoms with Crippen molar-refractivity contribution in [1.82, 2.24) is 15.1 Å². The molecule has 4 amide bonds. The number of rotatable bonds is 3. The van der Waals surface area contributed by atoms with Crippen molar-refractivity contribution in [3.8, 4) is 0 Å². The minimum absolute atomic E-state index is 0.0200. The number of halogens is 1. The molecule has 24 heavy (non-hydrogen) atoms. The molecular weight excluding hydrogens is 332 g/mol. The van der Waals surface area contributed by atoms with E-state index in [1.54, 1.807) is 39.0 Å². The van der Waals surface area contributed by atoms with E-state index in [2.05, 4.69) is 5.32 Å². The molecule has 1 aromatic rings. The molecule has 0 bridgehead atoms. The molecule has 0 aromatic heterocycles. The first-order valence-corrected chi connectivity index (χ1v) is 8.25. The van der Waals surface area contributed by atoms with E-state index in [-0.39, 0.29) is 24.4 Å². The Morgan fingerprint density at radius 3 is 2.46 bits per heavy atom. The molecule has 0 radical (unpaired) electrons. The summed E-state index contributed by atoms with van der Waals surface area (Å²) in [5, 5.41) is 3.53. The monoisotopic (exact) mass is 350 g/mol. The second kappa shape index (κ2) is 7.09. The largest absolute Gasteiger partial charge is 0.342 e. The average Bonchev–Trinajstić information content (AvgIpc) is 2.96. The van der Waals surface area contributed by atoms with Crippen molar-refractivity contribution in [2.75, 3.05) is 37.6 Å². The van der Waals surface area contributed by atoms with Gasteiger partial charge in [0.25, 0.3) is 0 Å². The zero-order valence-electron chi connectivity index (χ0n) is 13.2. The average molecular weight is 351 g/mol. The third-order valence-electron chi connectivity index (χ3n) is 4.34. The third-order valence-corrected chi connectivity index (χ3v) is 4.59. The third kappa shape index (κ3) is 3.62. The lowest BCUT2D eigenvalue weighted by Crippen LogP contribution is -2.53. The van der Waals surface area contributed by atoms with Gasteiger partial charge >= 0.3 is 6.03 Å². The molecule has 0 spiro atoms. The fraction of sp³-hybridized carbons (Fsp3) is 0.438. The number of hydrogen-bond donors (Lipinski definition) is 1. The van der Waals surface area contributed by atoms with Crippen molar-refractivity contribution < 1.29 is 14.4 Å². The maximum atomic E-state index is 12.3. The van der Waals surface area contributed by atoms with E-state index >= 15 is 0 Å². The number of benzene rings is 1. The summed E-state index contributed by atoms with van der Waals surface area (Å²) in [7, 11) is 0. The predicted octanol–water partition coefficient (Wildman–Crippen LogP) is 0.929. The van der Waals surface area contributed by atoms with Gasteiger partial charge in [-0.05, 0) is 24.3 Å². The van der Waals surface area contributed by atoms with Gasteiger partial charge in [0.05, 0.1) is 6.04 Å². The van der Waals surface area contributed by atoms with Crippen LogP contribution >= 0.6 is 11.6 Å². The van der Waals surface area contributed by atoms with Gasteiger partial charge in [-0.3, -0.25) is 9.59 Å². The molecular formula is C16H19ClN4O3. The van der Waals surface area contributed by atoms with Gasteiger partial charge in [0.15, 0.2) is 0 Å². The Kier molecular flexibility index (Phi) is 4.89. The Hall–Kier alpha value is -2.28. The molecule has 2 heterocycles. The highest BCUT2D eigenvalue weighted by Crippen LogP contribution is 2.23. The lowest BCUT2D eigenvalue weighted by Gasteiger charge is -2.33. The number of urea groups is 1. The van der Waals surface area contributed by atoms with Crippen LogP contribution < -0.4 is 10.2 Å². The summed E-state index contributed by atoms with van der Waals surface area (Å²) in [5.74, 6) is -0.0200. The lowest BCUT2D eigenvalue weighted by atomic mass is 10.2. The second-order valence-corrected chi connectivity index (χ2v) is 6.40. The van der Waals surface area contributed by atoms with Crippen molar-refractivity contribution >= 4 is 35.6 Å². The number of nitrogens with one attached hydrogen (secondary N) is 1. The normalized spacial score (nSPS) is 21.1. The lowest BCUT2D eigenvalue weighted by molar-refractivity contribution is -0.119. The van der Waals surface area contributed by atoms with Crippen LogP contribution in [-0.2, 0) is 9.59 Å². The molecule has 128 valence electrons. The highest BCUT2D eigenvalue weighted by molar-refractivity contribution is 6.30. The molecule has 0 saturated carbocycles. The standard InChI is InChI=1S/C16H19ClN4O3/c17-12-1-3-14(4-2-12)21-10-13(9-15(21)23)18-16(24)20-7-5-19(11-22)6-8-20/h1-4,11,13H,5-10H2,(H,18,24). The van der Waals surface area contributed by atoms with E-state index in [0.29, 0.717) is 37.7 Å². The predicted molar refractivity (Wildman–Crippen MR) is 90.0 cm³/mol. The van der Waals surface area contributed by atoms with Crippen LogP contribution in [0.3, 0.4) is 0 Å². The number of nitrogens with zero attached hydrogens (tertiary/aromatic N) is 3. The topological polar surface area (TPSA) is 73.0 Å². The van der Waals surface area contributed by atoms with Gasteiger partial charge in [-0.25, -0.2) is 4.79 Å². The zero-order chi connectivity index (χ0) is 17.1. The van der Waals surface area contributed by atoms with E-state index < -0.39 is 0 Å². The first-order chi connectivity index (χ1) is 11.6. The van der Waals surface area contributed by atoms with Crippen LogP contribution in [-0.4, -0.2) is 66.9 Å². The molecule has 1 unspecified atom stereocenters. The molecule has 2 saturated heterocycles. The van der Waals surface area contributed by atoms with Gasteiger partial charge in [0.1, 0.15) is 0 Å². The Morgan fingerprint density at radius 1 is 1.17 bits per heavy atom. The Balaban J connectivity index is 1.55. The number of piperazine rings is 1. The molecule has 1 aromatic carbocycles. The van der Waals surface area contributed by atoms with E-state index in [4.69, 9.17) is 11.6 Å². The number of anilines is 1. The van der Waals surface area contributed by atoms with Gasteiger partial charge in [0.2, 0.25) is 12.3 Å². The molecule has 2 fully saturated rings. The highest BCUT2D eigenvalue weighted by atomic mass is 35.5. The summed E-state index contributed by atoms with van der Waals surface area (Å²) in [6.45, 7) is 2.54. The minimum atomic E-state index is -0.218. The Labute approximate surface area is 145 Å². The summed E-state index contributed by atoms with van der Waals surface area (Å²) >= 11 is 5.87. The number of hydrogen-bond acceptors (Lipinski definition) is 3. The molecule has 8 heteroatoms. The summed E-state index contributed by atoms with van der Waals surface area (Å²) in [6.07, 6.45) is 1.08. The molecule has 1 N–H and O–H groups in total. The van der Waals surface area contributed by atoms with E-state index in [0.717, 1.165) is 12.1 Å². The van der Waals surface area contributed by atoms with Crippen molar-refractivity contribution in [2.24, 2.45) is 0 Å². The Morgan fingerprint density at radius 2 is 1.83 bits per heavy atom. The molecule has 2 aliphatic rings. The van der Waals surface area contributed by atoms with Gasteiger partial charge in [-0.15, -0.1) is 0 Å². The molecule has 3 rings (SSSR count). The van der Waals surface area contributed by atoms with Crippen LogP contribution in [0.1, 0.15) is 6.42 Å². The smallest absolute Gasteiger partial charge is 0.317 e. The fourth-order valence-corrected chi connectivity index (χ4v) is 3.10. The van der Waals surface area contributed by atoms with Gasteiger partial charge in [-0.2, -0.15) is 0 Å². The summed E-state index contributed by atoms with van der Waals surface area (Å²) in [5.41, 5.74) is 0.778. The summed E-state index contributed by atoms with van der Waals surface area (Å²) in [6, 6.07) is 6.67. The molecule has 0 aliphatic carbocycles. The summed E-state index contributed by atoms with van der Waals surface area (Å²) < 4.78 is 0. The Bertz CT molecular complexity index is 629. The molecule has 7 nitrogen and oxygen atoms in total. The first kappa shape index (κ1) is 16.6. The highest BCUT2D eigenvalue weighted by Gasteiger charge is 2.32. The number of carbonyl (C=O) groups is 3. The number of amides is 4. The SMILES string of the molecule is O=CN1CCN(C(=O)NC2CC(=O)N(c3ccc(Cl)cc3)C2)CC1. The van der Waals surface area contributed by atoms with Crippen molar-refractivity contribution in [1.29, 1.82) is 0 Å². The fourth-order valence-electron chi connectivity index (χ4n) is 2.97. The van der Waals surface area contributed by atoms with Gasteiger partial charge in [-0.1, -0.05) is 11.6 Å².